The molecule has 6 heteroatoms. The van der Waals surface area contributed by atoms with Gasteiger partial charge in [-0.05, 0) is 32.1 Å². The first-order valence-electron chi connectivity index (χ1n) is 42.5. The van der Waals surface area contributed by atoms with Crippen molar-refractivity contribution in [2.24, 2.45) is 0 Å². The predicted molar refractivity (Wildman–Crippen MR) is 403 cm³/mol. The molecule has 0 aromatic heterocycles. The van der Waals surface area contributed by atoms with Gasteiger partial charge in [0, 0.05) is 12.8 Å². The monoisotopic (exact) mass is 1280 g/mol. The fraction of sp³-hybridized carbons (Fsp3) is 0.953. The third-order valence-electron chi connectivity index (χ3n) is 20.3. The molecule has 3 N–H and O–H groups in total. The number of hydrogen-bond donors (Lipinski definition) is 3. The van der Waals surface area contributed by atoms with Crippen molar-refractivity contribution in [1.29, 1.82) is 0 Å². The molecule has 0 saturated heterocycles. The zero-order valence-corrected chi connectivity index (χ0v) is 62.4. The van der Waals surface area contributed by atoms with Gasteiger partial charge in [0.25, 0.3) is 0 Å². The number of allylic oxidation sites excluding steroid dienone is 1. The van der Waals surface area contributed by atoms with E-state index < -0.39 is 12.1 Å². The van der Waals surface area contributed by atoms with Gasteiger partial charge < -0.3 is 20.3 Å². The van der Waals surface area contributed by atoms with Crippen molar-refractivity contribution in [2.45, 2.75) is 508 Å². The van der Waals surface area contributed by atoms with Crippen LogP contribution in [0.15, 0.2) is 12.2 Å². The summed E-state index contributed by atoms with van der Waals surface area (Å²) >= 11 is 0. The van der Waals surface area contributed by atoms with Gasteiger partial charge in [-0.3, -0.25) is 9.59 Å². The Balaban J connectivity index is 3.32. The van der Waals surface area contributed by atoms with Gasteiger partial charge in [0.15, 0.2) is 0 Å². The highest BCUT2D eigenvalue weighted by atomic mass is 16.5. The molecule has 0 aliphatic carbocycles. The molecule has 0 heterocycles. The summed E-state index contributed by atoms with van der Waals surface area (Å²) in [6.45, 7) is 4.97. The zero-order chi connectivity index (χ0) is 65.6. The Labute approximate surface area is 571 Å². The maximum absolute atomic E-state index is 12.6. The molecule has 0 rings (SSSR count). The summed E-state index contributed by atoms with van der Waals surface area (Å²) in [4.78, 5) is 24.6. The minimum atomic E-state index is -0.841. The van der Waals surface area contributed by atoms with E-state index in [0.717, 1.165) is 38.5 Å². The highest BCUT2D eigenvalue weighted by Gasteiger charge is 2.18. The number of carbonyl (C=O) groups excluding carboxylic acids is 2. The molecule has 6 nitrogen and oxygen atoms in total. The lowest BCUT2D eigenvalue weighted by Crippen LogP contribution is -2.45. The van der Waals surface area contributed by atoms with E-state index >= 15 is 0 Å². The highest BCUT2D eigenvalue weighted by molar-refractivity contribution is 5.76. The van der Waals surface area contributed by atoms with Crippen LogP contribution < -0.4 is 5.32 Å². The van der Waals surface area contributed by atoms with Crippen LogP contribution in [0.2, 0.25) is 0 Å². The minimum absolute atomic E-state index is 0.0268. The molecule has 542 valence electrons. The average molecular weight is 1280 g/mol. The molecule has 0 bridgehead atoms. The molecule has 0 saturated carbocycles. The molecule has 2 unspecified atom stereocenters. The number of aliphatic hydroxyl groups excluding tert-OH is 2. The maximum Gasteiger partial charge on any atom is 0.305 e. The van der Waals surface area contributed by atoms with E-state index in [4.69, 9.17) is 4.74 Å². The molecule has 2 atom stereocenters. The Kier molecular flexibility index (Phi) is 79.8. The molecule has 0 aromatic carbocycles. The van der Waals surface area contributed by atoms with Gasteiger partial charge in [-0.25, -0.2) is 0 Å². The lowest BCUT2D eigenvalue weighted by molar-refractivity contribution is -0.143. The molecule has 91 heavy (non-hydrogen) atoms. The molecule has 0 aliphatic heterocycles. The van der Waals surface area contributed by atoms with Crippen molar-refractivity contribution in [3.05, 3.63) is 12.2 Å². The Morgan fingerprint density at radius 1 is 0.297 bits per heavy atom. The largest absolute Gasteiger partial charge is 0.466 e. The van der Waals surface area contributed by atoms with Crippen LogP contribution in [-0.2, 0) is 14.3 Å². The van der Waals surface area contributed by atoms with Gasteiger partial charge in [-0.15, -0.1) is 0 Å². The van der Waals surface area contributed by atoms with Crippen LogP contribution in [0.25, 0.3) is 0 Å². The maximum atomic E-state index is 12.6. The van der Waals surface area contributed by atoms with Gasteiger partial charge >= 0.3 is 5.97 Å². The van der Waals surface area contributed by atoms with Gasteiger partial charge in [0.05, 0.1) is 25.4 Å². The minimum Gasteiger partial charge on any atom is -0.466 e. The topological polar surface area (TPSA) is 95.9 Å². The second-order valence-corrected chi connectivity index (χ2v) is 29.5. The summed E-state index contributed by atoms with van der Waals surface area (Å²) in [7, 11) is 0. The SMILES string of the molecule is CCCCCCCCCCCCCCCCCCCCCCC/C=C/C(O)C(CO)NC(=O)CCCCCCCCCCCCCCCCCCCCCCCCCCCCCCCCCCCCCCCOC(=O)CCCCCCCCCCCCCCCC. The summed E-state index contributed by atoms with van der Waals surface area (Å²) in [5.74, 6) is -0.0295. The number of amides is 1. The predicted octanol–water partition coefficient (Wildman–Crippen LogP) is 28.2. The van der Waals surface area contributed by atoms with E-state index in [2.05, 4.69) is 19.2 Å². The number of esters is 1. The van der Waals surface area contributed by atoms with Crippen LogP contribution in [0.3, 0.4) is 0 Å². The van der Waals surface area contributed by atoms with Crippen molar-refractivity contribution in [3.63, 3.8) is 0 Å². The van der Waals surface area contributed by atoms with Crippen LogP contribution in [0, 0.1) is 0 Å². The highest BCUT2D eigenvalue weighted by Crippen LogP contribution is 2.21. The smallest absolute Gasteiger partial charge is 0.305 e. The quantitative estimate of drug-likeness (QED) is 0.0320. The second-order valence-electron chi connectivity index (χ2n) is 29.5. The number of unbranched alkanes of at least 4 members (excludes halogenated alkanes) is 70. The van der Waals surface area contributed by atoms with Crippen LogP contribution in [0.4, 0.5) is 0 Å². The van der Waals surface area contributed by atoms with E-state index in [1.54, 1.807) is 6.08 Å². The molecule has 0 aromatic rings. The molecule has 0 radical (unpaired) electrons. The van der Waals surface area contributed by atoms with Crippen molar-refractivity contribution in [1.82, 2.24) is 5.32 Å². The first-order chi connectivity index (χ1) is 45.0. The summed E-state index contributed by atoms with van der Waals surface area (Å²) in [6, 6.07) is -0.624. The molecule has 0 aliphatic rings. The van der Waals surface area contributed by atoms with E-state index in [0.29, 0.717) is 19.4 Å². The first-order valence-corrected chi connectivity index (χ1v) is 42.5. The van der Waals surface area contributed by atoms with Gasteiger partial charge in [0.2, 0.25) is 5.91 Å². The van der Waals surface area contributed by atoms with Crippen LogP contribution in [-0.4, -0.2) is 47.4 Å². The van der Waals surface area contributed by atoms with Gasteiger partial charge in [-0.2, -0.15) is 0 Å². The van der Waals surface area contributed by atoms with E-state index in [1.165, 1.54) is 430 Å². The molecule has 1 amide bonds. The lowest BCUT2D eigenvalue weighted by atomic mass is 10.0. The van der Waals surface area contributed by atoms with E-state index in [9.17, 15) is 19.8 Å². The summed E-state index contributed by atoms with van der Waals surface area (Å²) < 4.78 is 5.51. The number of hydrogen-bond acceptors (Lipinski definition) is 5. The summed E-state index contributed by atoms with van der Waals surface area (Å²) in [6.07, 6.45) is 104. The van der Waals surface area contributed by atoms with Crippen LogP contribution in [0.5, 0.6) is 0 Å². The lowest BCUT2D eigenvalue weighted by Gasteiger charge is -2.20. The Morgan fingerprint density at radius 3 is 0.747 bits per heavy atom. The van der Waals surface area contributed by atoms with Crippen LogP contribution in [0.1, 0.15) is 495 Å². The number of rotatable bonds is 81. The molecular formula is C85H167NO5. The number of ether oxygens (including phenoxy) is 1. The third-order valence-corrected chi connectivity index (χ3v) is 20.3. The van der Waals surface area contributed by atoms with E-state index in [-0.39, 0.29) is 18.5 Å². The van der Waals surface area contributed by atoms with Crippen molar-refractivity contribution in [3.8, 4) is 0 Å². The van der Waals surface area contributed by atoms with Crippen LogP contribution >= 0.6 is 0 Å². The summed E-state index contributed by atoms with van der Waals surface area (Å²) in [5, 5.41) is 23.3. The molecule has 0 spiro atoms. The summed E-state index contributed by atoms with van der Waals surface area (Å²) in [5.41, 5.74) is 0. The van der Waals surface area contributed by atoms with Crippen molar-refractivity contribution >= 4 is 11.9 Å². The Hall–Kier alpha value is -1.40. The second kappa shape index (κ2) is 81.0. The van der Waals surface area contributed by atoms with E-state index in [1.807, 2.05) is 6.08 Å². The first kappa shape index (κ1) is 89.6. The molecular weight excluding hydrogens is 1110 g/mol. The normalized spacial score (nSPS) is 12.4. The number of aliphatic hydroxyl groups is 2. The van der Waals surface area contributed by atoms with Gasteiger partial charge in [-0.1, -0.05) is 463 Å². The Bertz CT molecular complexity index is 1380. The average Bonchev–Trinajstić information content (AvgIpc) is 3.62. The van der Waals surface area contributed by atoms with Gasteiger partial charge in [0.1, 0.15) is 0 Å². The van der Waals surface area contributed by atoms with Crippen molar-refractivity contribution in [2.75, 3.05) is 13.2 Å². The third kappa shape index (κ3) is 77.5. The standard InChI is InChI=1S/C85H167NO5/c1-3-5-7-9-11-13-15-17-19-20-21-22-38-41-44-47-50-53-57-61-65-69-73-77-83(88)82(81-87)86-84(89)78-74-70-66-62-58-54-51-48-45-42-39-36-34-32-30-28-26-24-23-25-27-29-31-33-35-37-40-43-46-49-52-56-60-64-68-72-76-80-91-85(90)79-75-71-67-63-59-55-18-16-14-12-10-8-6-4-2/h73,77,82-83,87-88H,3-72,74-76,78-81H2,1-2H3,(H,86,89)/b77-73+. The number of nitrogens with one attached hydrogen (secondary N) is 1. The molecule has 0 fully saturated rings. The van der Waals surface area contributed by atoms with Crippen molar-refractivity contribution < 1.29 is 24.5 Å². The fourth-order valence-electron chi connectivity index (χ4n) is 13.9. The Morgan fingerprint density at radius 2 is 0.505 bits per heavy atom. The number of carbonyl (C=O) groups is 2. The fourth-order valence-corrected chi connectivity index (χ4v) is 13.9. The zero-order valence-electron chi connectivity index (χ0n) is 62.4.